The molecule has 4 heteroatoms. The Hall–Kier alpha value is -1.58. The molecule has 2 saturated heterocycles. The molecule has 3 heterocycles. The summed E-state index contributed by atoms with van der Waals surface area (Å²) in [5, 5.41) is 0. The summed E-state index contributed by atoms with van der Waals surface area (Å²) < 4.78 is 0. The van der Waals surface area contributed by atoms with E-state index in [0.717, 1.165) is 37.6 Å². The molecule has 2 aliphatic heterocycles. The number of carbonyl (C=O) groups excluding carboxylic acids is 1. The lowest BCUT2D eigenvalue weighted by Gasteiger charge is -2.35. The number of amides is 1. The second-order valence-corrected chi connectivity index (χ2v) is 7.46. The van der Waals surface area contributed by atoms with Gasteiger partial charge in [-0.1, -0.05) is 26.7 Å². The van der Waals surface area contributed by atoms with E-state index in [9.17, 15) is 4.79 Å². The van der Waals surface area contributed by atoms with Crippen LogP contribution < -0.4 is 4.90 Å². The van der Waals surface area contributed by atoms with Crippen LogP contribution in [0.3, 0.4) is 0 Å². The number of nitrogens with zero attached hydrogens (tertiary/aromatic N) is 3. The molecule has 23 heavy (non-hydrogen) atoms. The van der Waals surface area contributed by atoms with Crippen LogP contribution in [0.2, 0.25) is 0 Å². The SMILES string of the molecule is CC1CC(C)CN(C(=O)c2ccnc(N3CCCCCC3)c2)C1. The van der Waals surface area contributed by atoms with Crippen molar-refractivity contribution in [3.8, 4) is 0 Å². The van der Waals surface area contributed by atoms with Gasteiger partial charge in [0.05, 0.1) is 0 Å². The quantitative estimate of drug-likeness (QED) is 0.837. The van der Waals surface area contributed by atoms with E-state index < -0.39 is 0 Å². The average Bonchev–Trinajstić information content (AvgIpc) is 2.82. The maximum atomic E-state index is 12.9. The van der Waals surface area contributed by atoms with Gasteiger partial charge in [0, 0.05) is 37.9 Å². The lowest BCUT2D eigenvalue weighted by Crippen LogP contribution is -2.42. The molecule has 126 valence electrons. The predicted molar refractivity (Wildman–Crippen MR) is 93.8 cm³/mol. The van der Waals surface area contributed by atoms with Crippen LogP contribution in [0.25, 0.3) is 0 Å². The average molecular weight is 315 g/mol. The number of pyridine rings is 1. The van der Waals surface area contributed by atoms with E-state index in [-0.39, 0.29) is 5.91 Å². The van der Waals surface area contributed by atoms with E-state index in [4.69, 9.17) is 0 Å². The lowest BCUT2D eigenvalue weighted by molar-refractivity contribution is 0.0623. The molecule has 0 bridgehead atoms. The molecular formula is C19H29N3O. The Morgan fingerprint density at radius 1 is 1.09 bits per heavy atom. The maximum absolute atomic E-state index is 12.9. The van der Waals surface area contributed by atoms with Crippen molar-refractivity contribution < 1.29 is 4.79 Å². The van der Waals surface area contributed by atoms with Crippen molar-refractivity contribution in [2.24, 2.45) is 11.8 Å². The standard InChI is InChI=1S/C19H29N3O/c1-15-11-16(2)14-22(13-15)19(23)17-7-8-20-18(12-17)21-9-5-3-4-6-10-21/h7-8,12,15-16H,3-6,9-11,13-14H2,1-2H3. The third-order valence-corrected chi connectivity index (χ3v) is 5.08. The lowest BCUT2D eigenvalue weighted by atomic mass is 9.91. The minimum atomic E-state index is 0.168. The molecule has 3 rings (SSSR count). The summed E-state index contributed by atoms with van der Waals surface area (Å²) in [4.78, 5) is 21.8. The van der Waals surface area contributed by atoms with Gasteiger partial charge in [0.1, 0.15) is 5.82 Å². The number of aromatic nitrogens is 1. The third-order valence-electron chi connectivity index (χ3n) is 5.08. The minimum absolute atomic E-state index is 0.168. The van der Waals surface area contributed by atoms with Gasteiger partial charge >= 0.3 is 0 Å². The molecule has 0 aromatic carbocycles. The number of likely N-dealkylation sites (tertiary alicyclic amines) is 1. The topological polar surface area (TPSA) is 36.4 Å². The van der Waals surface area contributed by atoms with Gasteiger partial charge in [-0.3, -0.25) is 4.79 Å². The molecule has 0 aliphatic carbocycles. The smallest absolute Gasteiger partial charge is 0.254 e. The zero-order valence-electron chi connectivity index (χ0n) is 14.5. The highest BCUT2D eigenvalue weighted by atomic mass is 16.2. The monoisotopic (exact) mass is 315 g/mol. The molecule has 1 aromatic rings. The number of rotatable bonds is 2. The van der Waals surface area contributed by atoms with Crippen molar-refractivity contribution >= 4 is 11.7 Å². The zero-order chi connectivity index (χ0) is 16.2. The fourth-order valence-electron chi connectivity index (χ4n) is 4.04. The van der Waals surface area contributed by atoms with E-state index in [0.29, 0.717) is 11.8 Å². The molecule has 1 aromatic heterocycles. The van der Waals surface area contributed by atoms with Crippen molar-refractivity contribution in [1.29, 1.82) is 0 Å². The van der Waals surface area contributed by atoms with Crippen LogP contribution in [-0.2, 0) is 0 Å². The first-order valence-electron chi connectivity index (χ1n) is 9.14. The maximum Gasteiger partial charge on any atom is 0.254 e. The summed E-state index contributed by atoms with van der Waals surface area (Å²) in [6.07, 6.45) is 8.07. The Morgan fingerprint density at radius 2 is 1.74 bits per heavy atom. The van der Waals surface area contributed by atoms with Crippen LogP contribution in [0.4, 0.5) is 5.82 Å². The van der Waals surface area contributed by atoms with Crippen LogP contribution >= 0.6 is 0 Å². The Morgan fingerprint density at radius 3 is 2.39 bits per heavy atom. The Balaban J connectivity index is 1.74. The van der Waals surface area contributed by atoms with E-state index in [1.807, 2.05) is 17.0 Å². The number of anilines is 1. The van der Waals surface area contributed by atoms with E-state index >= 15 is 0 Å². The molecule has 2 unspecified atom stereocenters. The molecular weight excluding hydrogens is 286 g/mol. The van der Waals surface area contributed by atoms with Gasteiger partial charge in [-0.15, -0.1) is 0 Å². The summed E-state index contributed by atoms with van der Waals surface area (Å²) >= 11 is 0. The second-order valence-electron chi connectivity index (χ2n) is 7.46. The van der Waals surface area contributed by atoms with E-state index in [1.165, 1.54) is 32.1 Å². The molecule has 2 atom stereocenters. The number of hydrogen-bond acceptors (Lipinski definition) is 3. The second kappa shape index (κ2) is 7.33. The van der Waals surface area contributed by atoms with Crippen LogP contribution in [-0.4, -0.2) is 42.0 Å². The summed E-state index contributed by atoms with van der Waals surface area (Å²) in [7, 11) is 0. The van der Waals surface area contributed by atoms with Crippen molar-refractivity contribution in [1.82, 2.24) is 9.88 Å². The molecule has 0 saturated carbocycles. The zero-order valence-corrected chi connectivity index (χ0v) is 14.5. The predicted octanol–water partition coefficient (Wildman–Crippen LogP) is 3.58. The Kier molecular flexibility index (Phi) is 5.19. The van der Waals surface area contributed by atoms with Crippen molar-refractivity contribution in [3.63, 3.8) is 0 Å². The molecule has 4 nitrogen and oxygen atoms in total. The Bertz CT molecular complexity index is 527. The first-order valence-corrected chi connectivity index (χ1v) is 9.14. The fraction of sp³-hybridized carbons (Fsp3) is 0.684. The van der Waals surface area contributed by atoms with Crippen LogP contribution in [0, 0.1) is 11.8 Å². The van der Waals surface area contributed by atoms with Crippen molar-refractivity contribution in [2.45, 2.75) is 46.0 Å². The van der Waals surface area contributed by atoms with Gasteiger partial charge in [-0.2, -0.15) is 0 Å². The Labute approximate surface area is 139 Å². The van der Waals surface area contributed by atoms with E-state index in [2.05, 4.69) is 23.7 Å². The van der Waals surface area contributed by atoms with Gasteiger partial charge in [0.15, 0.2) is 0 Å². The number of hydrogen-bond donors (Lipinski definition) is 0. The van der Waals surface area contributed by atoms with Gasteiger partial charge in [-0.05, 0) is 43.2 Å². The van der Waals surface area contributed by atoms with Gasteiger partial charge in [0.2, 0.25) is 0 Å². The largest absolute Gasteiger partial charge is 0.357 e. The van der Waals surface area contributed by atoms with Gasteiger partial charge in [-0.25, -0.2) is 4.98 Å². The van der Waals surface area contributed by atoms with Crippen LogP contribution in [0.1, 0.15) is 56.3 Å². The van der Waals surface area contributed by atoms with E-state index in [1.54, 1.807) is 6.20 Å². The van der Waals surface area contributed by atoms with Gasteiger partial charge < -0.3 is 9.80 Å². The van der Waals surface area contributed by atoms with Crippen LogP contribution in [0.5, 0.6) is 0 Å². The highest BCUT2D eigenvalue weighted by molar-refractivity contribution is 5.95. The van der Waals surface area contributed by atoms with Crippen LogP contribution in [0.15, 0.2) is 18.3 Å². The summed E-state index contributed by atoms with van der Waals surface area (Å²) in [6.45, 7) is 8.36. The summed E-state index contributed by atoms with van der Waals surface area (Å²) in [5.74, 6) is 2.32. The highest BCUT2D eigenvalue weighted by Crippen LogP contribution is 2.24. The molecule has 2 aliphatic rings. The molecule has 0 spiro atoms. The minimum Gasteiger partial charge on any atom is -0.357 e. The summed E-state index contributed by atoms with van der Waals surface area (Å²) in [5.41, 5.74) is 0.792. The van der Waals surface area contributed by atoms with Crippen molar-refractivity contribution in [2.75, 3.05) is 31.1 Å². The first-order chi connectivity index (χ1) is 11.1. The summed E-state index contributed by atoms with van der Waals surface area (Å²) in [6, 6.07) is 3.87. The normalized spacial score (nSPS) is 26.0. The number of carbonyl (C=O) groups is 1. The molecule has 0 radical (unpaired) electrons. The molecule has 0 N–H and O–H groups in total. The third kappa shape index (κ3) is 4.04. The molecule has 1 amide bonds. The number of piperidine rings is 1. The van der Waals surface area contributed by atoms with Gasteiger partial charge in [0.25, 0.3) is 5.91 Å². The first kappa shape index (κ1) is 16.3. The fourth-order valence-corrected chi connectivity index (χ4v) is 4.04. The molecule has 2 fully saturated rings. The van der Waals surface area contributed by atoms with Crippen molar-refractivity contribution in [3.05, 3.63) is 23.9 Å². The highest BCUT2D eigenvalue weighted by Gasteiger charge is 2.26.